The summed E-state index contributed by atoms with van der Waals surface area (Å²) in [6.45, 7) is 0.189. The van der Waals surface area contributed by atoms with E-state index in [0.29, 0.717) is 16.8 Å². The minimum absolute atomic E-state index is 0. The Morgan fingerprint density at radius 2 is 1.88 bits per heavy atom. The average Bonchev–Trinajstić information content (AvgIpc) is 2.55. The van der Waals surface area contributed by atoms with Gasteiger partial charge in [0.25, 0.3) is 0 Å². The van der Waals surface area contributed by atoms with Gasteiger partial charge in [0.2, 0.25) is 0 Å². The number of hydrogen-bond acceptors (Lipinski definition) is 2. The van der Waals surface area contributed by atoms with Crippen LogP contribution in [0.4, 0.5) is 18.9 Å². The van der Waals surface area contributed by atoms with Crippen LogP contribution in [0.25, 0.3) is 0 Å². The molecule has 0 aliphatic rings. The molecule has 0 radical (unpaired) electrons. The van der Waals surface area contributed by atoms with Crippen LogP contribution in [0, 0.1) is 0 Å². The number of anilines is 1. The number of rotatable bonds is 5. The van der Waals surface area contributed by atoms with Crippen molar-refractivity contribution in [3.05, 3.63) is 63.6 Å². The Labute approximate surface area is 175 Å². The smallest absolute Gasteiger partial charge is 0.380 e. The van der Waals surface area contributed by atoms with Gasteiger partial charge in [-0.3, -0.25) is 0 Å². The number of alkyl halides is 3. The van der Waals surface area contributed by atoms with Gasteiger partial charge in [0.15, 0.2) is 5.96 Å². The van der Waals surface area contributed by atoms with Crippen LogP contribution < -0.4 is 11.1 Å². The number of nitrogens with one attached hydrogen (secondary N) is 1. The topological polar surface area (TPSA) is 59.6 Å². The number of hydrogen-bond donors (Lipinski definition) is 2. The van der Waals surface area contributed by atoms with Crippen LogP contribution in [0.5, 0.6) is 0 Å². The zero-order valence-electron chi connectivity index (χ0n) is 13.8. The summed E-state index contributed by atoms with van der Waals surface area (Å²) in [4.78, 5) is 4.02. The second-order valence-corrected chi connectivity index (χ2v) is 6.13. The minimum atomic E-state index is -4.46. The second-order valence-electron chi connectivity index (χ2n) is 5.22. The Morgan fingerprint density at radius 1 is 1.19 bits per heavy atom. The molecule has 0 atom stereocenters. The Hall–Kier alpha value is -1.33. The van der Waals surface area contributed by atoms with E-state index < -0.39 is 11.7 Å². The van der Waals surface area contributed by atoms with E-state index in [1.165, 1.54) is 12.1 Å². The Kier molecular flexibility index (Phi) is 8.84. The van der Waals surface area contributed by atoms with Gasteiger partial charge in [-0.05, 0) is 23.8 Å². The monoisotopic (exact) mass is 543 g/mol. The molecule has 0 aliphatic heterocycles. The summed E-state index contributed by atoms with van der Waals surface area (Å²) < 4.78 is 44.8. The molecule has 26 heavy (non-hydrogen) atoms. The van der Waals surface area contributed by atoms with Crippen LogP contribution in [0.15, 0.2) is 51.9 Å². The highest BCUT2D eigenvalue weighted by molar-refractivity contribution is 14.0. The molecule has 0 saturated carbocycles. The lowest BCUT2D eigenvalue weighted by molar-refractivity contribution is -0.138. The quantitative estimate of drug-likeness (QED) is 0.311. The van der Waals surface area contributed by atoms with Crippen LogP contribution >= 0.6 is 39.9 Å². The van der Waals surface area contributed by atoms with Crippen LogP contribution in [0.3, 0.4) is 0 Å². The van der Waals surface area contributed by atoms with Crippen molar-refractivity contribution in [3.63, 3.8) is 0 Å². The minimum Gasteiger partial charge on any atom is -0.380 e. The highest BCUT2D eigenvalue weighted by Gasteiger charge is 2.33. The summed E-state index contributed by atoms with van der Waals surface area (Å²) in [5.41, 5.74) is 6.68. The van der Waals surface area contributed by atoms with E-state index >= 15 is 0 Å². The number of methoxy groups -OCH3 is 1. The Bertz CT molecular complexity index is 769. The number of para-hydroxylation sites is 1. The predicted octanol–water partition coefficient (Wildman–Crippen LogP) is 5.16. The first-order valence-corrected chi connectivity index (χ1v) is 8.10. The molecule has 142 valence electrons. The predicted molar refractivity (Wildman–Crippen MR) is 111 cm³/mol. The average molecular weight is 544 g/mol. The van der Waals surface area contributed by atoms with E-state index in [1.54, 1.807) is 13.2 Å². The molecule has 0 fully saturated rings. The van der Waals surface area contributed by atoms with Crippen molar-refractivity contribution in [1.29, 1.82) is 0 Å². The molecule has 4 nitrogen and oxygen atoms in total. The van der Waals surface area contributed by atoms with Crippen LogP contribution in [0.1, 0.15) is 16.7 Å². The van der Waals surface area contributed by atoms with Gasteiger partial charge >= 0.3 is 6.18 Å². The third-order valence-electron chi connectivity index (χ3n) is 3.38. The standard InChI is InChI=1S/C17H17BrF3N3O.HI/c1-25-10-12-4-2-3-5-15(12)24-16(22)23-9-11-6-7-13(18)8-14(11)17(19,20)21;/h2-8H,9-10H2,1H3,(H3,22,23,24);1H. The lowest BCUT2D eigenvalue weighted by Crippen LogP contribution is -2.23. The van der Waals surface area contributed by atoms with E-state index in [0.717, 1.165) is 11.6 Å². The van der Waals surface area contributed by atoms with Crippen LogP contribution in [0.2, 0.25) is 0 Å². The van der Waals surface area contributed by atoms with E-state index in [4.69, 9.17) is 10.5 Å². The van der Waals surface area contributed by atoms with Gasteiger partial charge < -0.3 is 15.8 Å². The fourth-order valence-electron chi connectivity index (χ4n) is 2.22. The number of halogens is 5. The van der Waals surface area contributed by atoms with Gasteiger partial charge in [0.05, 0.1) is 18.7 Å². The SMILES string of the molecule is COCc1ccccc1NC(N)=NCc1ccc(Br)cc1C(F)(F)F.I. The first-order valence-electron chi connectivity index (χ1n) is 7.30. The maximum absolute atomic E-state index is 13.1. The first-order chi connectivity index (χ1) is 11.8. The summed E-state index contributed by atoms with van der Waals surface area (Å²) >= 11 is 3.05. The molecule has 0 amide bonds. The van der Waals surface area contributed by atoms with Crippen molar-refractivity contribution in [2.45, 2.75) is 19.3 Å². The lowest BCUT2D eigenvalue weighted by Gasteiger charge is -2.13. The molecule has 0 unspecified atom stereocenters. The van der Waals surface area contributed by atoms with Crippen molar-refractivity contribution in [3.8, 4) is 0 Å². The summed E-state index contributed by atoms with van der Waals surface area (Å²) in [5, 5.41) is 2.89. The third-order valence-corrected chi connectivity index (χ3v) is 3.87. The van der Waals surface area contributed by atoms with Gasteiger partial charge in [0, 0.05) is 22.8 Å². The maximum Gasteiger partial charge on any atom is 0.416 e. The number of ether oxygens (including phenoxy) is 1. The normalized spacial score (nSPS) is 11.8. The fraction of sp³-hybridized carbons (Fsp3) is 0.235. The molecule has 0 aromatic heterocycles. The Morgan fingerprint density at radius 3 is 2.54 bits per heavy atom. The molecule has 0 aliphatic carbocycles. The summed E-state index contributed by atoms with van der Waals surface area (Å²) in [5.74, 6) is 0.0274. The largest absolute Gasteiger partial charge is 0.416 e. The second kappa shape index (κ2) is 10.1. The van der Waals surface area contributed by atoms with Crippen LogP contribution in [-0.4, -0.2) is 13.1 Å². The zero-order chi connectivity index (χ0) is 18.4. The fourth-order valence-corrected chi connectivity index (χ4v) is 2.58. The Balaban J connectivity index is 0.00000338. The molecular formula is C17H18BrF3IN3O. The van der Waals surface area contributed by atoms with Crippen molar-refractivity contribution in [2.75, 3.05) is 12.4 Å². The van der Waals surface area contributed by atoms with Gasteiger partial charge in [-0.25, -0.2) is 4.99 Å². The summed E-state index contributed by atoms with van der Waals surface area (Å²) in [6.07, 6.45) is -4.46. The third kappa shape index (κ3) is 6.44. The number of benzene rings is 2. The molecule has 2 aromatic carbocycles. The molecule has 3 N–H and O–H groups in total. The van der Waals surface area contributed by atoms with Gasteiger partial charge in [-0.15, -0.1) is 24.0 Å². The number of guanidine groups is 1. The number of nitrogens with zero attached hydrogens (tertiary/aromatic N) is 1. The number of nitrogens with two attached hydrogens (primary N) is 1. The van der Waals surface area contributed by atoms with E-state index in [-0.39, 0.29) is 42.0 Å². The van der Waals surface area contributed by atoms with Crippen molar-refractivity contribution >= 4 is 51.6 Å². The molecule has 9 heteroatoms. The van der Waals surface area contributed by atoms with Gasteiger partial charge in [-0.1, -0.05) is 40.2 Å². The highest BCUT2D eigenvalue weighted by atomic mass is 127. The first kappa shape index (κ1) is 22.7. The molecular weight excluding hydrogens is 526 g/mol. The lowest BCUT2D eigenvalue weighted by atomic mass is 10.1. The molecule has 0 spiro atoms. The summed E-state index contributed by atoms with van der Waals surface area (Å²) in [7, 11) is 1.57. The highest BCUT2D eigenvalue weighted by Crippen LogP contribution is 2.34. The zero-order valence-corrected chi connectivity index (χ0v) is 17.7. The molecule has 0 saturated heterocycles. The van der Waals surface area contributed by atoms with E-state index in [9.17, 15) is 13.2 Å². The van der Waals surface area contributed by atoms with Crippen molar-refractivity contribution in [2.24, 2.45) is 10.7 Å². The molecule has 2 aromatic rings. The van der Waals surface area contributed by atoms with E-state index in [2.05, 4.69) is 26.2 Å². The summed E-state index contributed by atoms with van der Waals surface area (Å²) in [6, 6.07) is 11.3. The van der Waals surface area contributed by atoms with Crippen molar-refractivity contribution in [1.82, 2.24) is 0 Å². The molecule has 2 rings (SSSR count). The molecule has 0 bridgehead atoms. The van der Waals surface area contributed by atoms with Gasteiger partial charge in [-0.2, -0.15) is 13.2 Å². The maximum atomic E-state index is 13.1. The van der Waals surface area contributed by atoms with Crippen molar-refractivity contribution < 1.29 is 17.9 Å². The number of aliphatic imine (C=N–C) groups is 1. The van der Waals surface area contributed by atoms with Crippen LogP contribution in [-0.2, 0) is 24.1 Å². The molecule has 0 heterocycles. The van der Waals surface area contributed by atoms with E-state index in [1.807, 2.05) is 18.2 Å². The van der Waals surface area contributed by atoms with Gasteiger partial charge in [0.1, 0.15) is 0 Å².